The Labute approximate surface area is 156 Å². The molecule has 0 saturated heterocycles. The summed E-state index contributed by atoms with van der Waals surface area (Å²) < 4.78 is 18.8. The van der Waals surface area contributed by atoms with Gasteiger partial charge in [-0.15, -0.1) is 12.4 Å². The number of hydrogen-bond acceptors (Lipinski definition) is 4. The van der Waals surface area contributed by atoms with Gasteiger partial charge in [-0.2, -0.15) is 0 Å². The first-order valence-electron chi connectivity index (χ1n) is 8.30. The molecule has 0 spiro atoms. The number of rotatable bonds is 3. The molecule has 1 saturated carbocycles. The van der Waals surface area contributed by atoms with Crippen molar-refractivity contribution in [3.8, 4) is 11.5 Å². The lowest BCUT2D eigenvalue weighted by Crippen LogP contribution is -2.48. The van der Waals surface area contributed by atoms with E-state index in [1.807, 2.05) is 0 Å². The Morgan fingerprint density at radius 1 is 1.15 bits per heavy atom. The number of halogens is 2. The molecule has 136 valence electrons. The van der Waals surface area contributed by atoms with E-state index in [2.05, 4.69) is 10.3 Å². The summed E-state index contributed by atoms with van der Waals surface area (Å²) in [5.74, 6) is -0.0697. The van der Waals surface area contributed by atoms with Crippen molar-refractivity contribution < 1.29 is 13.6 Å². The molecule has 1 aromatic heterocycles. The summed E-state index contributed by atoms with van der Waals surface area (Å²) in [7, 11) is 0. The Hall–Kier alpha value is -2.44. The lowest BCUT2D eigenvalue weighted by atomic mass is 9.98. The number of hydrogen-bond donors (Lipinski definition) is 2. The molecule has 1 amide bonds. The van der Waals surface area contributed by atoms with Crippen LogP contribution in [0.3, 0.4) is 0 Å². The summed E-state index contributed by atoms with van der Waals surface area (Å²) >= 11 is 0. The van der Waals surface area contributed by atoms with Crippen LogP contribution < -0.4 is 11.1 Å². The Morgan fingerprint density at radius 3 is 2.54 bits per heavy atom. The van der Waals surface area contributed by atoms with Crippen molar-refractivity contribution >= 4 is 35.1 Å². The monoisotopic (exact) mass is 375 g/mol. The van der Waals surface area contributed by atoms with Gasteiger partial charge >= 0.3 is 0 Å². The molecule has 0 radical (unpaired) electrons. The molecule has 1 aliphatic carbocycles. The predicted octanol–water partition coefficient (Wildman–Crippen LogP) is 4.27. The molecular formula is C19H19ClFN3O2. The lowest BCUT2D eigenvalue weighted by Gasteiger charge is -2.22. The van der Waals surface area contributed by atoms with E-state index in [1.54, 1.807) is 30.3 Å². The molecule has 0 aliphatic heterocycles. The summed E-state index contributed by atoms with van der Waals surface area (Å²) in [6.07, 6.45) is 3.37. The fourth-order valence-electron chi connectivity index (χ4n) is 3.21. The molecule has 26 heavy (non-hydrogen) atoms. The van der Waals surface area contributed by atoms with Gasteiger partial charge in [0.1, 0.15) is 11.3 Å². The molecule has 1 aliphatic rings. The number of nitrogens with zero attached hydrogens (tertiary/aromatic N) is 1. The van der Waals surface area contributed by atoms with Gasteiger partial charge in [0.25, 0.3) is 0 Å². The summed E-state index contributed by atoms with van der Waals surface area (Å²) in [6.45, 7) is 0. The van der Waals surface area contributed by atoms with Crippen molar-refractivity contribution in [1.82, 2.24) is 4.98 Å². The predicted molar refractivity (Wildman–Crippen MR) is 101 cm³/mol. The number of carbonyl (C=O) groups excluding carboxylic acids is 1. The van der Waals surface area contributed by atoms with Gasteiger partial charge in [0.2, 0.25) is 11.8 Å². The number of nitrogens with one attached hydrogen (secondary N) is 1. The van der Waals surface area contributed by atoms with E-state index in [1.165, 1.54) is 12.1 Å². The van der Waals surface area contributed by atoms with Crippen molar-refractivity contribution in [2.45, 2.75) is 31.2 Å². The molecule has 0 unspecified atom stereocenters. The van der Waals surface area contributed by atoms with E-state index in [9.17, 15) is 9.18 Å². The molecule has 1 heterocycles. The first kappa shape index (κ1) is 18.4. The second kappa shape index (κ2) is 7.05. The van der Waals surface area contributed by atoms with E-state index in [0.717, 1.165) is 12.8 Å². The highest BCUT2D eigenvalue weighted by Crippen LogP contribution is 2.30. The first-order chi connectivity index (χ1) is 12.0. The van der Waals surface area contributed by atoms with Crippen LogP contribution in [0.5, 0.6) is 0 Å². The van der Waals surface area contributed by atoms with E-state index in [4.69, 9.17) is 10.2 Å². The molecule has 7 heteroatoms. The third kappa shape index (κ3) is 3.43. The standard InChI is InChI=1S/C19H18FN3O2.ClH/c20-13-5-3-12(4-6-13)17-23-15-8-7-14(11-16(15)25-17)22-18(24)19(21)9-1-2-10-19;/h3-8,11H,1-2,9-10,21H2,(H,22,24);1H. The zero-order chi connectivity index (χ0) is 17.4. The maximum atomic E-state index is 13.0. The zero-order valence-corrected chi connectivity index (χ0v) is 14.8. The van der Waals surface area contributed by atoms with Crippen molar-refractivity contribution in [3.63, 3.8) is 0 Å². The van der Waals surface area contributed by atoms with E-state index in [0.29, 0.717) is 41.1 Å². The van der Waals surface area contributed by atoms with Gasteiger partial charge in [-0.3, -0.25) is 4.79 Å². The molecule has 4 rings (SSSR count). The summed E-state index contributed by atoms with van der Waals surface area (Å²) in [5, 5.41) is 2.87. The Balaban J connectivity index is 0.00000196. The van der Waals surface area contributed by atoms with Gasteiger partial charge in [-0.05, 0) is 49.2 Å². The number of anilines is 1. The molecule has 3 aromatic rings. The molecule has 5 nitrogen and oxygen atoms in total. The number of benzene rings is 2. The fraction of sp³-hybridized carbons (Fsp3) is 0.263. The zero-order valence-electron chi connectivity index (χ0n) is 14.0. The SMILES string of the molecule is Cl.NC1(C(=O)Nc2ccc3nc(-c4ccc(F)cc4)oc3c2)CCCC1. The van der Waals surface area contributed by atoms with Gasteiger partial charge < -0.3 is 15.5 Å². The quantitative estimate of drug-likeness (QED) is 0.716. The topological polar surface area (TPSA) is 81.2 Å². The second-order valence-electron chi connectivity index (χ2n) is 6.53. The highest BCUT2D eigenvalue weighted by Gasteiger charge is 2.37. The summed E-state index contributed by atoms with van der Waals surface area (Å²) in [6, 6.07) is 11.2. The Morgan fingerprint density at radius 2 is 1.85 bits per heavy atom. The van der Waals surface area contributed by atoms with Crippen molar-refractivity contribution in [1.29, 1.82) is 0 Å². The lowest BCUT2D eigenvalue weighted by molar-refractivity contribution is -0.121. The third-order valence-corrected chi connectivity index (χ3v) is 4.69. The van der Waals surface area contributed by atoms with Crippen LogP contribution >= 0.6 is 12.4 Å². The van der Waals surface area contributed by atoms with Crippen LogP contribution in [0.1, 0.15) is 25.7 Å². The molecule has 1 fully saturated rings. The second-order valence-corrected chi connectivity index (χ2v) is 6.53. The normalized spacial score (nSPS) is 15.6. The Bertz CT molecular complexity index is 934. The van der Waals surface area contributed by atoms with Gasteiger partial charge in [0.15, 0.2) is 5.58 Å². The Kier molecular flexibility index (Phi) is 4.98. The number of fused-ring (bicyclic) bond motifs is 1. The van der Waals surface area contributed by atoms with Crippen LogP contribution in [0.25, 0.3) is 22.6 Å². The van der Waals surface area contributed by atoms with Crippen LogP contribution in [-0.4, -0.2) is 16.4 Å². The molecule has 3 N–H and O–H groups in total. The van der Waals surface area contributed by atoms with Gasteiger partial charge in [0.05, 0.1) is 5.54 Å². The molecule has 2 aromatic carbocycles. The number of carbonyl (C=O) groups is 1. The summed E-state index contributed by atoms with van der Waals surface area (Å²) in [5.41, 5.74) is 7.92. The van der Waals surface area contributed by atoms with Crippen LogP contribution in [-0.2, 0) is 4.79 Å². The number of aromatic nitrogens is 1. The molecular weight excluding hydrogens is 357 g/mol. The van der Waals surface area contributed by atoms with Gasteiger partial charge in [0, 0.05) is 17.3 Å². The minimum Gasteiger partial charge on any atom is -0.436 e. The minimum absolute atomic E-state index is 0. The highest BCUT2D eigenvalue weighted by atomic mass is 35.5. The molecule has 0 bridgehead atoms. The maximum Gasteiger partial charge on any atom is 0.244 e. The fourth-order valence-corrected chi connectivity index (χ4v) is 3.21. The average molecular weight is 376 g/mol. The minimum atomic E-state index is -0.782. The van der Waals surface area contributed by atoms with Gasteiger partial charge in [-0.1, -0.05) is 12.8 Å². The smallest absolute Gasteiger partial charge is 0.244 e. The van der Waals surface area contributed by atoms with Crippen molar-refractivity contribution in [2.75, 3.05) is 5.32 Å². The van der Waals surface area contributed by atoms with Crippen LogP contribution in [0.15, 0.2) is 46.9 Å². The van der Waals surface area contributed by atoms with E-state index in [-0.39, 0.29) is 24.1 Å². The van der Waals surface area contributed by atoms with Gasteiger partial charge in [-0.25, -0.2) is 9.37 Å². The largest absolute Gasteiger partial charge is 0.436 e. The first-order valence-corrected chi connectivity index (χ1v) is 8.30. The van der Waals surface area contributed by atoms with Crippen LogP contribution in [0, 0.1) is 5.82 Å². The highest BCUT2D eigenvalue weighted by molar-refractivity contribution is 5.99. The van der Waals surface area contributed by atoms with Crippen LogP contribution in [0.2, 0.25) is 0 Å². The van der Waals surface area contributed by atoms with Crippen LogP contribution in [0.4, 0.5) is 10.1 Å². The van der Waals surface area contributed by atoms with Crippen molar-refractivity contribution in [2.24, 2.45) is 5.73 Å². The third-order valence-electron chi connectivity index (χ3n) is 4.69. The van der Waals surface area contributed by atoms with E-state index < -0.39 is 5.54 Å². The number of oxazole rings is 1. The summed E-state index contributed by atoms with van der Waals surface area (Å²) in [4.78, 5) is 16.8. The average Bonchev–Trinajstić information content (AvgIpc) is 3.22. The van der Waals surface area contributed by atoms with Crippen molar-refractivity contribution in [3.05, 3.63) is 48.3 Å². The number of amides is 1. The van der Waals surface area contributed by atoms with E-state index >= 15 is 0 Å². The molecule has 0 atom stereocenters. The maximum absolute atomic E-state index is 13.0. The number of nitrogens with two attached hydrogens (primary N) is 1.